The SMILES string of the molecule is CC(CCCNCCCCNCCCC(C)[C@H]1CC[C@H]2[C@@H]3CC[C@@H]4C[C@@H](N)CC[C@]4(C)[C@H]3CC[C@]12C)[C@H]1CC[C@H]2[C@@H]3CC[C@@H]4C[C@@H](N)CC[C@]4(C)[C@H]3CC[C@]12C. The van der Waals surface area contributed by atoms with E-state index in [1.807, 2.05) is 0 Å². The van der Waals surface area contributed by atoms with Crippen LogP contribution in [-0.2, 0) is 0 Å². The number of nitrogens with one attached hydrogen (secondary N) is 2. The molecule has 0 bridgehead atoms. The van der Waals surface area contributed by atoms with Crippen molar-refractivity contribution in [3.8, 4) is 0 Å². The van der Waals surface area contributed by atoms with Gasteiger partial charge in [-0.1, -0.05) is 41.5 Å². The van der Waals surface area contributed by atoms with Gasteiger partial charge in [-0.25, -0.2) is 0 Å². The second-order valence-electron chi connectivity index (χ2n) is 24.3. The molecule has 0 saturated heterocycles. The van der Waals surface area contributed by atoms with E-state index < -0.39 is 0 Å². The fourth-order valence-corrected chi connectivity index (χ4v) is 18.8. The summed E-state index contributed by atoms with van der Waals surface area (Å²) in [4.78, 5) is 0. The highest BCUT2D eigenvalue weighted by molar-refractivity contribution is 5.11. The Kier molecular flexibility index (Phi) is 13.1. The molecule has 0 aliphatic heterocycles. The molecule has 0 aromatic carbocycles. The molecule has 8 aliphatic rings. The molecule has 0 aromatic heterocycles. The minimum absolute atomic E-state index is 0.478. The molecule has 56 heavy (non-hydrogen) atoms. The van der Waals surface area contributed by atoms with Crippen LogP contribution in [0.15, 0.2) is 0 Å². The molecule has 8 saturated carbocycles. The Morgan fingerprint density at radius 2 is 0.821 bits per heavy atom. The third kappa shape index (κ3) is 7.80. The number of fused-ring (bicyclic) bond motifs is 10. The van der Waals surface area contributed by atoms with E-state index in [4.69, 9.17) is 11.5 Å². The fraction of sp³-hybridized carbons (Fsp3) is 1.00. The predicted molar refractivity (Wildman–Crippen MR) is 238 cm³/mol. The number of rotatable bonds is 15. The summed E-state index contributed by atoms with van der Waals surface area (Å²) in [7, 11) is 0. The Bertz CT molecular complexity index is 1190. The minimum Gasteiger partial charge on any atom is -0.328 e. The molecular weight excluding hydrogens is 681 g/mol. The van der Waals surface area contributed by atoms with Crippen LogP contribution in [0.1, 0.15) is 196 Å². The van der Waals surface area contributed by atoms with Crippen LogP contribution in [-0.4, -0.2) is 38.3 Å². The van der Waals surface area contributed by atoms with Crippen molar-refractivity contribution in [1.29, 1.82) is 0 Å². The summed E-state index contributed by atoms with van der Waals surface area (Å²) < 4.78 is 0. The summed E-state index contributed by atoms with van der Waals surface area (Å²) in [6.45, 7) is 21.0. The molecule has 0 amide bonds. The molecule has 8 fully saturated rings. The average Bonchev–Trinajstić information content (AvgIpc) is 3.72. The average molecular weight is 775 g/mol. The Balaban J connectivity index is 0.671. The largest absolute Gasteiger partial charge is 0.328 e. The van der Waals surface area contributed by atoms with E-state index in [1.54, 1.807) is 0 Å². The van der Waals surface area contributed by atoms with Crippen molar-refractivity contribution in [2.45, 2.75) is 208 Å². The lowest BCUT2D eigenvalue weighted by Gasteiger charge is -2.61. The number of unbranched alkanes of at least 4 members (excludes halogenated alkanes) is 1. The number of hydrogen-bond donors (Lipinski definition) is 4. The molecule has 0 radical (unpaired) electrons. The van der Waals surface area contributed by atoms with Crippen molar-refractivity contribution in [2.75, 3.05) is 26.2 Å². The van der Waals surface area contributed by atoms with E-state index in [2.05, 4.69) is 52.2 Å². The zero-order valence-corrected chi connectivity index (χ0v) is 38.0. The maximum absolute atomic E-state index is 6.48. The monoisotopic (exact) mass is 775 g/mol. The van der Waals surface area contributed by atoms with Crippen LogP contribution in [0, 0.1) is 92.7 Å². The highest BCUT2D eigenvalue weighted by atomic mass is 14.9. The second kappa shape index (κ2) is 17.3. The summed E-state index contributed by atoms with van der Waals surface area (Å²) in [6.07, 6.45) is 34.2. The number of nitrogens with two attached hydrogens (primary N) is 2. The van der Waals surface area contributed by atoms with Gasteiger partial charge in [0.2, 0.25) is 0 Å². The third-order valence-electron chi connectivity index (χ3n) is 21.9. The van der Waals surface area contributed by atoms with Crippen LogP contribution in [0.4, 0.5) is 0 Å². The van der Waals surface area contributed by atoms with Crippen LogP contribution in [0.25, 0.3) is 0 Å². The molecule has 2 unspecified atom stereocenters. The Hall–Kier alpha value is -0.160. The molecule has 322 valence electrons. The van der Waals surface area contributed by atoms with E-state index in [0.717, 1.165) is 71.0 Å². The van der Waals surface area contributed by atoms with Crippen molar-refractivity contribution in [2.24, 2.45) is 104 Å². The van der Waals surface area contributed by atoms with Crippen molar-refractivity contribution in [1.82, 2.24) is 10.6 Å². The first-order valence-corrected chi connectivity index (χ1v) is 25.8. The Morgan fingerprint density at radius 1 is 0.446 bits per heavy atom. The summed E-state index contributed by atoms with van der Waals surface area (Å²) in [5.41, 5.74) is 15.4. The number of hydrogen-bond acceptors (Lipinski definition) is 4. The fourth-order valence-electron chi connectivity index (χ4n) is 18.8. The standard InChI is InChI=1S/C52H94N4/c1-35(43-17-19-45-41-15-13-37-33-39(53)21-25-49(37,3)47(41)23-27-51(43,45)5)11-9-31-55-29-7-8-30-56-32-10-12-36(2)44-18-20-46-42-16-14-38-34-40(54)22-26-50(38,4)48(42)24-28-52(44,46)6/h35-48,55-56H,7-34,53-54H2,1-6H3/t35?,36?,37-,38-,39+,40+,41+,42+,43-,44-,45+,46+,47+,48+,49+,50+,51-,52-/m1/s1. The van der Waals surface area contributed by atoms with Gasteiger partial charge in [-0.15, -0.1) is 0 Å². The van der Waals surface area contributed by atoms with Crippen LogP contribution in [0.2, 0.25) is 0 Å². The topological polar surface area (TPSA) is 76.1 Å². The molecule has 6 N–H and O–H groups in total. The van der Waals surface area contributed by atoms with Gasteiger partial charge in [-0.2, -0.15) is 0 Å². The predicted octanol–water partition coefficient (Wildman–Crippen LogP) is 11.8. The van der Waals surface area contributed by atoms with Crippen molar-refractivity contribution < 1.29 is 0 Å². The molecule has 0 heterocycles. The molecule has 8 rings (SSSR count). The maximum Gasteiger partial charge on any atom is 0.00418 e. The molecule has 4 nitrogen and oxygen atoms in total. The zero-order valence-electron chi connectivity index (χ0n) is 38.0. The van der Waals surface area contributed by atoms with Gasteiger partial charge in [0.25, 0.3) is 0 Å². The molecule has 0 spiro atoms. The van der Waals surface area contributed by atoms with Gasteiger partial charge in [-0.3, -0.25) is 0 Å². The summed E-state index contributed by atoms with van der Waals surface area (Å²) in [6, 6.07) is 0.956. The minimum atomic E-state index is 0.478. The van der Waals surface area contributed by atoms with Gasteiger partial charge in [0.05, 0.1) is 0 Å². The van der Waals surface area contributed by atoms with Gasteiger partial charge in [0, 0.05) is 12.1 Å². The lowest BCUT2D eigenvalue weighted by atomic mass is 9.44. The Morgan fingerprint density at radius 3 is 1.25 bits per heavy atom. The van der Waals surface area contributed by atoms with E-state index in [1.165, 1.54) is 180 Å². The Labute approximate surface area is 347 Å². The quantitative estimate of drug-likeness (QED) is 0.125. The first kappa shape index (κ1) is 42.5. The summed E-state index contributed by atoms with van der Waals surface area (Å²) >= 11 is 0. The molecule has 18 atom stereocenters. The smallest absolute Gasteiger partial charge is 0.00418 e. The van der Waals surface area contributed by atoms with Crippen LogP contribution >= 0.6 is 0 Å². The highest BCUT2D eigenvalue weighted by Gasteiger charge is 2.62. The first-order chi connectivity index (χ1) is 26.9. The molecule has 4 heteroatoms. The lowest BCUT2D eigenvalue weighted by molar-refractivity contribution is -0.116. The van der Waals surface area contributed by atoms with E-state index in [0.29, 0.717) is 33.7 Å². The first-order valence-electron chi connectivity index (χ1n) is 25.8. The zero-order chi connectivity index (χ0) is 39.3. The van der Waals surface area contributed by atoms with Crippen molar-refractivity contribution >= 4 is 0 Å². The third-order valence-corrected chi connectivity index (χ3v) is 21.9. The normalized spacial score (nSPS) is 49.5. The van der Waals surface area contributed by atoms with E-state index in [9.17, 15) is 0 Å². The lowest BCUT2D eigenvalue weighted by Crippen LogP contribution is -2.54. The van der Waals surface area contributed by atoms with Crippen molar-refractivity contribution in [3.05, 3.63) is 0 Å². The van der Waals surface area contributed by atoms with Gasteiger partial charge < -0.3 is 22.1 Å². The summed E-state index contributed by atoms with van der Waals surface area (Å²) in [5, 5.41) is 7.67. The maximum atomic E-state index is 6.48. The molecule has 8 aliphatic carbocycles. The van der Waals surface area contributed by atoms with Gasteiger partial charge >= 0.3 is 0 Å². The second-order valence-corrected chi connectivity index (χ2v) is 24.3. The van der Waals surface area contributed by atoms with E-state index >= 15 is 0 Å². The van der Waals surface area contributed by atoms with Gasteiger partial charge in [0.15, 0.2) is 0 Å². The van der Waals surface area contributed by atoms with Crippen LogP contribution in [0.3, 0.4) is 0 Å². The van der Waals surface area contributed by atoms with Gasteiger partial charge in [0.1, 0.15) is 0 Å². The van der Waals surface area contributed by atoms with Gasteiger partial charge in [-0.05, 0) is 273 Å². The van der Waals surface area contributed by atoms with Crippen LogP contribution < -0.4 is 22.1 Å². The summed E-state index contributed by atoms with van der Waals surface area (Å²) in [5.74, 6) is 11.5. The highest BCUT2D eigenvalue weighted by Crippen LogP contribution is 2.70. The molecular formula is C52H94N4. The van der Waals surface area contributed by atoms with Crippen LogP contribution in [0.5, 0.6) is 0 Å². The molecule has 0 aromatic rings. The van der Waals surface area contributed by atoms with E-state index in [-0.39, 0.29) is 0 Å². The van der Waals surface area contributed by atoms with Crippen molar-refractivity contribution in [3.63, 3.8) is 0 Å².